The molecule has 0 aliphatic heterocycles. The molecular formula is C15H17Cl2FN2. The van der Waals surface area contributed by atoms with Gasteiger partial charge in [-0.25, -0.2) is 4.39 Å². The van der Waals surface area contributed by atoms with Gasteiger partial charge >= 0.3 is 0 Å². The Balaban J connectivity index is 2.23. The third-order valence-electron chi connectivity index (χ3n) is 3.73. The van der Waals surface area contributed by atoms with Crippen molar-refractivity contribution in [2.24, 2.45) is 7.05 Å². The first-order valence-corrected chi connectivity index (χ1v) is 7.53. The summed E-state index contributed by atoms with van der Waals surface area (Å²) < 4.78 is 15.3. The average molecular weight is 315 g/mol. The van der Waals surface area contributed by atoms with Crippen molar-refractivity contribution in [3.63, 3.8) is 0 Å². The Hall–Kier alpha value is -1.06. The van der Waals surface area contributed by atoms with Crippen LogP contribution in [0.5, 0.6) is 0 Å². The molecule has 2 nitrogen and oxygen atoms in total. The minimum absolute atomic E-state index is 0.261. The summed E-state index contributed by atoms with van der Waals surface area (Å²) >= 11 is 12.3. The highest BCUT2D eigenvalue weighted by atomic mass is 35.5. The smallest absolute Gasteiger partial charge is 0.123 e. The van der Waals surface area contributed by atoms with Gasteiger partial charge in [-0.05, 0) is 36.6 Å². The van der Waals surface area contributed by atoms with E-state index in [0.717, 1.165) is 24.1 Å². The molecule has 0 fully saturated rings. The molecule has 1 aromatic carbocycles. The number of nitrogens with zero attached hydrogens (tertiary/aromatic N) is 2. The first kappa shape index (κ1) is 15.3. The summed E-state index contributed by atoms with van der Waals surface area (Å²) in [6.07, 6.45) is 3.32. The molecular weight excluding hydrogens is 298 g/mol. The maximum Gasteiger partial charge on any atom is 0.123 e. The van der Waals surface area contributed by atoms with Crippen LogP contribution < -0.4 is 0 Å². The van der Waals surface area contributed by atoms with Crippen LogP contribution in [0.2, 0.25) is 0 Å². The fraction of sp³-hybridized carbons (Fsp3) is 0.400. The molecule has 108 valence electrons. The maximum absolute atomic E-state index is 13.4. The van der Waals surface area contributed by atoms with Gasteiger partial charge in [0.2, 0.25) is 0 Å². The highest BCUT2D eigenvalue weighted by Crippen LogP contribution is 2.33. The SMILES string of the molecule is Cn1nccc1CCC(CCl)(CCl)c1cccc(F)c1. The molecule has 0 atom stereocenters. The number of aryl methyl sites for hydroxylation is 2. The van der Waals surface area contributed by atoms with Crippen LogP contribution in [0.4, 0.5) is 4.39 Å². The minimum atomic E-state index is -0.421. The molecule has 0 N–H and O–H groups in total. The fourth-order valence-corrected chi connectivity index (χ4v) is 3.16. The van der Waals surface area contributed by atoms with Crippen molar-refractivity contribution in [1.82, 2.24) is 9.78 Å². The minimum Gasteiger partial charge on any atom is -0.273 e. The Kier molecular flexibility index (Phi) is 5.06. The van der Waals surface area contributed by atoms with Gasteiger partial charge in [-0.2, -0.15) is 5.10 Å². The lowest BCUT2D eigenvalue weighted by Crippen LogP contribution is -2.31. The Morgan fingerprint density at radius 3 is 2.55 bits per heavy atom. The molecule has 0 aliphatic rings. The van der Waals surface area contributed by atoms with E-state index in [0.29, 0.717) is 11.8 Å². The molecule has 1 heterocycles. The van der Waals surface area contributed by atoms with Crippen LogP contribution in [0.1, 0.15) is 17.7 Å². The molecule has 0 radical (unpaired) electrons. The molecule has 2 aromatic rings. The topological polar surface area (TPSA) is 17.8 Å². The third kappa shape index (κ3) is 3.15. The van der Waals surface area contributed by atoms with E-state index in [2.05, 4.69) is 5.10 Å². The number of halogens is 3. The van der Waals surface area contributed by atoms with E-state index in [1.807, 2.05) is 23.9 Å². The van der Waals surface area contributed by atoms with E-state index >= 15 is 0 Å². The van der Waals surface area contributed by atoms with Crippen LogP contribution in [0.3, 0.4) is 0 Å². The molecule has 0 unspecified atom stereocenters. The van der Waals surface area contributed by atoms with Crippen LogP contribution in [-0.2, 0) is 18.9 Å². The van der Waals surface area contributed by atoms with Crippen molar-refractivity contribution in [2.45, 2.75) is 18.3 Å². The van der Waals surface area contributed by atoms with E-state index in [9.17, 15) is 4.39 Å². The van der Waals surface area contributed by atoms with Gasteiger partial charge in [0.25, 0.3) is 0 Å². The zero-order valence-electron chi connectivity index (χ0n) is 11.3. The number of hydrogen-bond donors (Lipinski definition) is 0. The third-order valence-corrected chi connectivity index (χ3v) is 4.75. The van der Waals surface area contributed by atoms with Gasteiger partial charge in [-0.3, -0.25) is 4.68 Å². The van der Waals surface area contributed by atoms with Crippen LogP contribution in [0.25, 0.3) is 0 Å². The van der Waals surface area contributed by atoms with E-state index in [1.54, 1.807) is 12.3 Å². The van der Waals surface area contributed by atoms with E-state index in [4.69, 9.17) is 23.2 Å². The predicted molar refractivity (Wildman–Crippen MR) is 81.0 cm³/mol. The number of aromatic nitrogens is 2. The van der Waals surface area contributed by atoms with E-state index < -0.39 is 5.41 Å². The molecule has 0 saturated heterocycles. The number of hydrogen-bond acceptors (Lipinski definition) is 1. The summed E-state index contributed by atoms with van der Waals surface area (Å²) in [4.78, 5) is 0. The largest absolute Gasteiger partial charge is 0.273 e. The number of rotatable bonds is 6. The molecule has 0 bridgehead atoms. The first-order valence-electron chi connectivity index (χ1n) is 6.46. The van der Waals surface area contributed by atoms with Crippen molar-refractivity contribution in [3.05, 3.63) is 53.6 Å². The normalized spacial score (nSPS) is 11.8. The van der Waals surface area contributed by atoms with Crippen molar-refractivity contribution < 1.29 is 4.39 Å². The summed E-state index contributed by atoms with van der Waals surface area (Å²) in [5, 5.41) is 4.15. The summed E-state index contributed by atoms with van der Waals surface area (Å²) in [5.41, 5.74) is 1.54. The Bertz CT molecular complexity index is 565. The summed E-state index contributed by atoms with van der Waals surface area (Å²) in [6, 6.07) is 8.50. The Morgan fingerprint density at radius 2 is 2.00 bits per heavy atom. The van der Waals surface area contributed by atoms with Gasteiger partial charge in [0.05, 0.1) is 0 Å². The van der Waals surface area contributed by atoms with Crippen molar-refractivity contribution >= 4 is 23.2 Å². The standard InChI is InChI=1S/C15H17Cl2FN2/c1-20-14(6-8-19-20)5-7-15(10-16,11-17)12-3-2-4-13(18)9-12/h2-4,6,8-9H,5,7,10-11H2,1H3. The quantitative estimate of drug-likeness (QED) is 0.739. The Morgan fingerprint density at radius 1 is 1.25 bits per heavy atom. The van der Waals surface area contributed by atoms with Crippen LogP contribution in [0, 0.1) is 5.82 Å². The summed E-state index contributed by atoms with van der Waals surface area (Å²) in [6.45, 7) is 0. The molecule has 5 heteroatoms. The molecule has 0 saturated carbocycles. The van der Waals surface area contributed by atoms with E-state index in [1.165, 1.54) is 12.1 Å². The molecule has 1 aromatic heterocycles. The lowest BCUT2D eigenvalue weighted by atomic mass is 9.79. The monoisotopic (exact) mass is 314 g/mol. The summed E-state index contributed by atoms with van der Waals surface area (Å²) in [7, 11) is 1.90. The van der Waals surface area contributed by atoms with Gasteiger partial charge in [0, 0.05) is 36.1 Å². The van der Waals surface area contributed by atoms with Gasteiger partial charge in [0.1, 0.15) is 5.82 Å². The summed E-state index contributed by atoms with van der Waals surface area (Å²) in [5.74, 6) is 0.456. The average Bonchev–Trinajstić information content (AvgIpc) is 2.86. The fourth-order valence-electron chi connectivity index (χ4n) is 2.30. The molecule has 2 rings (SSSR count). The lowest BCUT2D eigenvalue weighted by Gasteiger charge is -2.30. The molecule has 20 heavy (non-hydrogen) atoms. The van der Waals surface area contributed by atoms with Gasteiger partial charge in [-0.15, -0.1) is 23.2 Å². The second-order valence-electron chi connectivity index (χ2n) is 5.00. The lowest BCUT2D eigenvalue weighted by molar-refractivity contribution is 0.478. The van der Waals surface area contributed by atoms with Gasteiger partial charge in [-0.1, -0.05) is 12.1 Å². The van der Waals surface area contributed by atoms with Crippen molar-refractivity contribution in [2.75, 3.05) is 11.8 Å². The van der Waals surface area contributed by atoms with Crippen LogP contribution >= 0.6 is 23.2 Å². The number of alkyl halides is 2. The highest BCUT2D eigenvalue weighted by Gasteiger charge is 2.31. The van der Waals surface area contributed by atoms with Crippen LogP contribution in [0.15, 0.2) is 36.5 Å². The molecule has 0 spiro atoms. The Labute approximate surface area is 128 Å². The van der Waals surface area contributed by atoms with Crippen LogP contribution in [-0.4, -0.2) is 21.5 Å². The zero-order chi connectivity index (χ0) is 14.6. The molecule has 0 aliphatic carbocycles. The first-order chi connectivity index (χ1) is 9.61. The maximum atomic E-state index is 13.4. The number of benzene rings is 1. The zero-order valence-corrected chi connectivity index (χ0v) is 12.8. The molecule has 0 amide bonds. The van der Waals surface area contributed by atoms with Crippen molar-refractivity contribution in [3.8, 4) is 0 Å². The highest BCUT2D eigenvalue weighted by molar-refractivity contribution is 6.22. The van der Waals surface area contributed by atoms with E-state index in [-0.39, 0.29) is 5.82 Å². The second-order valence-corrected chi connectivity index (χ2v) is 5.54. The predicted octanol–water partition coefficient (Wildman–Crippen LogP) is 3.91. The van der Waals surface area contributed by atoms with Crippen molar-refractivity contribution in [1.29, 1.82) is 0 Å². The second kappa shape index (κ2) is 6.59. The van der Waals surface area contributed by atoms with Gasteiger partial charge < -0.3 is 0 Å². The van der Waals surface area contributed by atoms with Gasteiger partial charge in [0.15, 0.2) is 0 Å².